The van der Waals surface area contributed by atoms with Crippen molar-refractivity contribution < 1.29 is 57.0 Å². The molecule has 1 fully saturated rings. The number of unbranched alkanes of at least 4 members (excludes halogenated alkanes) is 20. The second kappa shape index (κ2) is 31.8. The van der Waals surface area contributed by atoms with Gasteiger partial charge in [-0.05, 0) is 38.5 Å². The molecule has 1 saturated heterocycles. The van der Waals surface area contributed by atoms with Crippen molar-refractivity contribution in [1.29, 1.82) is 0 Å². The molecule has 0 aliphatic carbocycles. The van der Waals surface area contributed by atoms with Gasteiger partial charge in [0.2, 0.25) is 5.91 Å². The summed E-state index contributed by atoms with van der Waals surface area (Å²) in [7, 11) is -5.10. The summed E-state index contributed by atoms with van der Waals surface area (Å²) >= 11 is 0. The Kier molecular flexibility index (Phi) is 30.0. The predicted molar refractivity (Wildman–Crippen MR) is 210 cm³/mol. The van der Waals surface area contributed by atoms with Crippen LogP contribution in [-0.2, 0) is 28.9 Å². The van der Waals surface area contributed by atoms with Crippen LogP contribution in [0.2, 0.25) is 0 Å². The molecule has 0 bridgehead atoms. The quantitative estimate of drug-likeness (QED) is 0.0218. The number of nitrogens with one attached hydrogen (secondary N) is 1. The third-order valence-electron chi connectivity index (χ3n) is 10.2. The van der Waals surface area contributed by atoms with Crippen LogP contribution >= 0.6 is 0 Å². The Morgan fingerprint density at radius 3 is 1.69 bits per heavy atom. The van der Waals surface area contributed by atoms with Gasteiger partial charge in [-0.2, -0.15) is 8.42 Å². The molecule has 0 spiro atoms. The van der Waals surface area contributed by atoms with E-state index in [1.54, 1.807) is 0 Å². The van der Waals surface area contributed by atoms with Crippen LogP contribution < -0.4 is 5.32 Å². The lowest BCUT2D eigenvalue weighted by Gasteiger charge is -2.41. The van der Waals surface area contributed by atoms with Crippen LogP contribution in [0.5, 0.6) is 0 Å². The molecule has 7 N–H and O–H groups in total. The van der Waals surface area contributed by atoms with Gasteiger partial charge in [0, 0.05) is 0 Å². The Labute approximate surface area is 326 Å². The first-order valence-corrected chi connectivity index (χ1v) is 22.5. The van der Waals surface area contributed by atoms with Crippen molar-refractivity contribution in [1.82, 2.24) is 5.32 Å². The molecule has 54 heavy (non-hydrogen) atoms. The van der Waals surface area contributed by atoms with Crippen LogP contribution in [-0.4, -0.2) is 107 Å². The lowest BCUT2D eigenvalue weighted by Crippen LogP contribution is -2.61. The van der Waals surface area contributed by atoms with E-state index in [4.69, 9.17) is 14.0 Å². The monoisotopic (exact) mass is 796 g/mol. The van der Waals surface area contributed by atoms with Gasteiger partial charge in [0.05, 0.1) is 25.4 Å². The Balaban J connectivity index is 2.65. The van der Waals surface area contributed by atoms with Gasteiger partial charge >= 0.3 is 10.4 Å². The highest BCUT2D eigenvalue weighted by Gasteiger charge is 2.48. The van der Waals surface area contributed by atoms with E-state index < -0.39 is 78.5 Å². The highest BCUT2D eigenvalue weighted by atomic mass is 32.3. The summed E-state index contributed by atoms with van der Waals surface area (Å²) in [6.45, 7) is 3.23. The van der Waals surface area contributed by atoms with Crippen LogP contribution in [0.15, 0.2) is 12.2 Å². The summed E-state index contributed by atoms with van der Waals surface area (Å²) in [4.78, 5) is 13.0. The zero-order valence-electron chi connectivity index (χ0n) is 33.4. The second-order valence-electron chi connectivity index (χ2n) is 15.1. The Morgan fingerprint density at radius 2 is 1.19 bits per heavy atom. The van der Waals surface area contributed by atoms with Gasteiger partial charge in [0.15, 0.2) is 6.29 Å². The summed E-state index contributed by atoms with van der Waals surface area (Å²) in [6, 6.07) is -1.04. The Morgan fingerprint density at radius 1 is 0.722 bits per heavy atom. The predicted octanol–water partition coefficient (Wildman–Crippen LogP) is 6.19. The average Bonchev–Trinajstić information content (AvgIpc) is 3.14. The van der Waals surface area contributed by atoms with Crippen molar-refractivity contribution in [2.45, 2.75) is 223 Å². The zero-order chi connectivity index (χ0) is 40.0. The second-order valence-corrected chi connectivity index (χ2v) is 16.1. The molecular weight excluding hydrogens is 719 g/mol. The normalized spacial score (nSPS) is 22.4. The fourth-order valence-electron chi connectivity index (χ4n) is 6.75. The van der Waals surface area contributed by atoms with Crippen molar-refractivity contribution in [2.24, 2.45) is 0 Å². The summed E-state index contributed by atoms with van der Waals surface area (Å²) < 4.78 is 47.4. The molecule has 0 radical (unpaired) electrons. The maximum Gasteiger partial charge on any atom is 0.397 e. The SMILES string of the molecule is CCCCCCCC/C=C\CCCCC(O)C(=O)NC(COC1OC(CO)C(O)C(OS(=O)(=O)O)C1O)C(O)CCCCCCCCCCCCCCC. The fraction of sp³-hybridized carbons (Fsp3) is 0.925. The molecule has 1 aliphatic heterocycles. The number of aliphatic hydroxyl groups excluding tert-OH is 5. The number of carbonyl (C=O) groups is 1. The third kappa shape index (κ3) is 24.4. The number of hydrogen-bond acceptors (Lipinski definition) is 11. The van der Waals surface area contributed by atoms with Gasteiger partial charge in [-0.3, -0.25) is 9.35 Å². The third-order valence-corrected chi connectivity index (χ3v) is 10.6. The number of allylic oxidation sites excluding steroid dienone is 2. The number of amides is 1. The van der Waals surface area contributed by atoms with Crippen LogP contribution in [0.25, 0.3) is 0 Å². The van der Waals surface area contributed by atoms with E-state index in [2.05, 4.69) is 35.5 Å². The summed E-state index contributed by atoms with van der Waals surface area (Å²) in [6.07, 6.45) is 19.8. The van der Waals surface area contributed by atoms with Crippen molar-refractivity contribution in [3.63, 3.8) is 0 Å². The molecule has 1 rings (SSSR count). The van der Waals surface area contributed by atoms with Crippen LogP contribution in [0, 0.1) is 0 Å². The zero-order valence-corrected chi connectivity index (χ0v) is 34.2. The van der Waals surface area contributed by atoms with Crippen LogP contribution in [0.3, 0.4) is 0 Å². The van der Waals surface area contributed by atoms with Crippen LogP contribution in [0.1, 0.15) is 174 Å². The van der Waals surface area contributed by atoms with E-state index in [-0.39, 0.29) is 6.42 Å². The standard InChI is InChI=1S/C40H77NO12S/c1-3-5-7-9-11-13-15-17-19-20-22-24-26-28-33(43)32(31-51-40-37(46)38(53-54(48,49)50)36(45)35(30-42)52-40)41-39(47)34(44)29-27-25-23-21-18-16-14-12-10-8-6-4-2/h18,21,32-38,40,42-46H,3-17,19-20,22-31H2,1-2H3,(H,41,47)(H,48,49,50)/b21-18-. The minimum Gasteiger partial charge on any atom is -0.394 e. The van der Waals surface area contributed by atoms with E-state index in [1.165, 1.54) is 96.3 Å². The number of rotatable bonds is 35. The number of hydrogen-bond donors (Lipinski definition) is 7. The number of aliphatic hydroxyl groups is 5. The molecule has 320 valence electrons. The molecule has 13 nitrogen and oxygen atoms in total. The molecule has 1 amide bonds. The van der Waals surface area contributed by atoms with Gasteiger partial charge in [0.25, 0.3) is 0 Å². The Bertz CT molecular complexity index is 1050. The lowest BCUT2D eigenvalue weighted by molar-refractivity contribution is -0.298. The van der Waals surface area contributed by atoms with Gasteiger partial charge in [-0.15, -0.1) is 0 Å². The van der Waals surface area contributed by atoms with Crippen molar-refractivity contribution in [3.8, 4) is 0 Å². The minimum atomic E-state index is -5.10. The molecular formula is C40H77NO12S. The highest BCUT2D eigenvalue weighted by molar-refractivity contribution is 7.80. The Hall–Kier alpha value is -1.20. The molecule has 0 aromatic heterocycles. The first kappa shape index (κ1) is 50.8. The summed E-state index contributed by atoms with van der Waals surface area (Å²) in [5.41, 5.74) is 0. The number of carbonyl (C=O) groups excluding carboxylic acids is 1. The fourth-order valence-corrected chi connectivity index (χ4v) is 7.26. The van der Waals surface area contributed by atoms with Crippen molar-refractivity contribution in [2.75, 3.05) is 13.2 Å². The van der Waals surface area contributed by atoms with E-state index in [0.29, 0.717) is 19.3 Å². The van der Waals surface area contributed by atoms with E-state index >= 15 is 0 Å². The summed E-state index contributed by atoms with van der Waals surface area (Å²) in [5, 5.41) is 55.1. The van der Waals surface area contributed by atoms with Crippen molar-refractivity contribution in [3.05, 3.63) is 12.2 Å². The first-order chi connectivity index (χ1) is 25.9. The molecule has 8 atom stereocenters. The molecule has 14 heteroatoms. The smallest absolute Gasteiger partial charge is 0.394 e. The summed E-state index contributed by atoms with van der Waals surface area (Å²) in [5.74, 6) is -0.687. The first-order valence-electron chi connectivity index (χ1n) is 21.2. The van der Waals surface area contributed by atoms with E-state index in [9.17, 15) is 38.7 Å². The maximum atomic E-state index is 13.0. The van der Waals surface area contributed by atoms with Crippen LogP contribution in [0.4, 0.5) is 0 Å². The van der Waals surface area contributed by atoms with Gasteiger partial charge in [-0.1, -0.05) is 148 Å². The van der Waals surface area contributed by atoms with Gasteiger partial charge in [-0.25, -0.2) is 4.18 Å². The molecule has 0 aromatic rings. The molecule has 1 heterocycles. The van der Waals surface area contributed by atoms with Gasteiger partial charge < -0.3 is 40.3 Å². The van der Waals surface area contributed by atoms with E-state index in [0.717, 1.165) is 38.5 Å². The van der Waals surface area contributed by atoms with Gasteiger partial charge in [0.1, 0.15) is 30.5 Å². The van der Waals surface area contributed by atoms with Crippen molar-refractivity contribution >= 4 is 16.3 Å². The molecule has 0 saturated carbocycles. The lowest BCUT2D eigenvalue weighted by atomic mass is 9.99. The largest absolute Gasteiger partial charge is 0.397 e. The molecule has 0 aromatic carbocycles. The molecule has 1 aliphatic rings. The average molecular weight is 796 g/mol. The topological polar surface area (TPSA) is 212 Å². The molecule has 8 unspecified atom stereocenters. The highest BCUT2D eigenvalue weighted by Crippen LogP contribution is 2.26. The number of ether oxygens (including phenoxy) is 2. The minimum absolute atomic E-state index is 0.231. The van der Waals surface area contributed by atoms with E-state index in [1.807, 2.05) is 0 Å². The maximum absolute atomic E-state index is 13.0.